The van der Waals surface area contributed by atoms with E-state index in [4.69, 9.17) is 0 Å². The molecule has 1 saturated carbocycles. The second kappa shape index (κ2) is 5.59. The molecule has 0 aromatic carbocycles. The molecule has 1 heterocycles. The molecule has 2 rings (SSSR count). The van der Waals surface area contributed by atoms with Gasteiger partial charge in [-0.3, -0.25) is 4.90 Å². The number of aromatic nitrogens is 2. The van der Waals surface area contributed by atoms with Crippen molar-refractivity contribution >= 4 is 16.5 Å². The minimum Gasteiger partial charge on any atom is -0.374 e. The summed E-state index contributed by atoms with van der Waals surface area (Å²) in [5, 5.41) is 8.67. The Balaban J connectivity index is 1.91. The number of nitrogens with zero attached hydrogens (tertiary/aromatic N) is 3. The summed E-state index contributed by atoms with van der Waals surface area (Å²) >= 11 is 1.46. The molecule has 0 bridgehead atoms. The largest absolute Gasteiger partial charge is 0.374 e. The van der Waals surface area contributed by atoms with Crippen molar-refractivity contribution in [1.82, 2.24) is 14.5 Å². The third kappa shape index (κ3) is 3.15. The summed E-state index contributed by atoms with van der Waals surface area (Å²) in [5.41, 5.74) is 1.11. The van der Waals surface area contributed by atoms with Crippen LogP contribution in [-0.2, 0) is 6.54 Å². The van der Waals surface area contributed by atoms with Crippen LogP contribution >= 0.6 is 11.5 Å². The minimum absolute atomic E-state index is 0.936. The van der Waals surface area contributed by atoms with Gasteiger partial charge in [-0.2, -0.15) is 0 Å². The lowest BCUT2D eigenvalue weighted by Crippen LogP contribution is -2.25. The first-order valence-electron chi connectivity index (χ1n) is 6.11. The predicted molar refractivity (Wildman–Crippen MR) is 67.7 cm³/mol. The first-order chi connectivity index (χ1) is 7.83. The van der Waals surface area contributed by atoms with Crippen molar-refractivity contribution in [2.24, 2.45) is 5.92 Å². The zero-order chi connectivity index (χ0) is 11.4. The van der Waals surface area contributed by atoms with Gasteiger partial charge in [0.15, 0.2) is 0 Å². The minimum atomic E-state index is 0.936. The average molecular weight is 240 g/mol. The number of anilines is 1. The number of rotatable bonds is 7. The van der Waals surface area contributed by atoms with Crippen LogP contribution in [0.4, 0.5) is 5.00 Å². The van der Waals surface area contributed by atoms with Crippen molar-refractivity contribution in [1.29, 1.82) is 0 Å². The lowest BCUT2D eigenvalue weighted by Gasteiger charge is -2.19. The first-order valence-corrected chi connectivity index (χ1v) is 6.88. The molecule has 1 fully saturated rings. The van der Waals surface area contributed by atoms with E-state index in [9.17, 15) is 0 Å². The second-order valence-corrected chi connectivity index (χ2v) is 5.10. The van der Waals surface area contributed by atoms with E-state index < -0.39 is 0 Å². The number of hydrogen-bond acceptors (Lipinski definition) is 5. The summed E-state index contributed by atoms with van der Waals surface area (Å²) in [4.78, 5) is 2.47. The highest BCUT2D eigenvalue weighted by molar-refractivity contribution is 7.10. The Hall–Kier alpha value is -0.680. The van der Waals surface area contributed by atoms with E-state index in [1.807, 2.05) is 0 Å². The maximum atomic E-state index is 4.21. The molecule has 0 amide bonds. The second-order valence-electron chi connectivity index (χ2n) is 4.35. The van der Waals surface area contributed by atoms with Crippen LogP contribution in [0.3, 0.4) is 0 Å². The van der Waals surface area contributed by atoms with Gasteiger partial charge < -0.3 is 5.32 Å². The van der Waals surface area contributed by atoms with Crippen LogP contribution in [0.25, 0.3) is 0 Å². The van der Waals surface area contributed by atoms with Crippen LogP contribution < -0.4 is 5.32 Å². The molecule has 5 heteroatoms. The smallest absolute Gasteiger partial charge is 0.134 e. The van der Waals surface area contributed by atoms with Gasteiger partial charge in [-0.25, -0.2) is 0 Å². The molecule has 1 aromatic heterocycles. The molecule has 4 nitrogen and oxygen atoms in total. The van der Waals surface area contributed by atoms with Crippen molar-refractivity contribution in [2.45, 2.75) is 33.2 Å². The van der Waals surface area contributed by atoms with Crippen molar-refractivity contribution in [3.8, 4) is 0 Å². The highest BCUT2D eigenvalue weighted by Crippen LogP contribution is 2.30. The van der Waals surface area contributed by atoms with Gasteiger partial charge in [-0.1, -0.05) is 11.4 Å². The van der Waals surface area contributed by atoms with Crippen LogP contribution in [0.15, 0.2) is 0 Å². The molecule has 0 atom stereocenters. The van der Waals surface area contributed by atoms with E-state index in [1.165, 1.54) is 30.9 Å². The predicted octanol–water partition coefficient (Wildman–Crippen LogP) is 2.20. The Morgan fingerprint density at radius 1 is 1.44 bits per heavy atom. The summed E-state index contributed by atoms with van der Waals surface area (Å²) in [6.07, 6.45) is 2.82. The lowest BCUT2D eigenvalue weighted by atomic mass is 10.3. The molecule has 0 radical (unpaired) electrons. The fraction of sp³-hybridized carbons (Fsp3) is 0.818. The summed E-state index contributed by atoms with van der Waals surface area (Å²) in [6, 6.07) is 0. The van der Waals surface area contributed by atoms with Gasteiger partial charge >= 0.3 is 0 Å². The van der Waals surface area contributed by atoms with Crippen LogP contribution in [-0.4, -0.2) is 34.1 Å². The van der Waals surface area contributed by atoms with E-state index in [-0.39, 0.29) is 0 Å². The van der Waals surface area contributed by atoms with E-state index >= 15 is 0 Å². The van der Waals surface area contributed by atoms with Gasteiger partial charge in [0.25, 0.3) is 0 Å². The van der Waals surface area contributed by atoms with Crippen molar-refractivity contribution < 1.29 is 0 Å². The van der Waals surface area contributed by atoms with Gasteiger partial charge in [-0.05, 0) is 32.2 Å². The molecule has 0 spiro atoms. The van der Waals surface area contributed by atoms with Gasteiger partial charge in [0, 0.05) is 31.2 Å². The SMILES string of the molecule is CCNc1snnc1CN(CC)CC1CC1. The zero-order valence-electron chi connectivity index (χ0n) is 10.1. The Morgan fingerprint density at radius 2 is 2.25 bits per heavy atom. The van der Waals surface area contributed by atoms with Crippen LogP contribution in [0, 0.1) is 5.92 Å². The Morgan fingerprint density at radius 3 is 2.88 bits per heavy atom. The highest BCUT2D eigenvalue weighted by Gasteiger charge is 2.24. The average Bonchev–Trinajstić information content (AvgIpc) is 3.00. The standard InChI is InChI=1S/C11H20N4S/c1-3-12-11-10(13-14-16-11)8-15(4-2)7-9-5-6-9/h9,12H,3-8H2,1-2H3. The number of hydrogen-bond donors (Lipinski definition) is 1. The van der Waals surface area contributed by atoms with E-state index in [0.717, 1.165) is 36.2 Å². The fourth-order valence-corrected chi connectivity index (χ4v) is 2.43. The topological polar surface area (TPSA) is 41.1 Å². The summed E-state index contributed by atoms with van der Waals surface area (Å²) < 4.78 is 4.03. The van der Waals surface area contributed by atoms with Crippen molar-refractivity contribution in [3.63, 3.8) is 0 Å². The molecule has 90 valence electrons. The van der Waals surface area contributed by atoms with Crippen molar-refractivity contribution in [2.75, 3.05) is 25.0 Å². The Labute approximate surface area is 101 Å². The molecule has 1 aliphatic carbocycles. The highest BCUT2D eigenvalue weighted by atomic mass is 32.1. The molecule has 0 aliphatic heterocycles. The summed E-state index contributed by atoms with van der Waals surface area (Å²) in [7, 11) is 0. The molecule has 16 heavy (non-hydrogen) atoms. The van der Waals surface area contributed by atoms with Crippen LogP contribution in [0.1, 0.15) is 32.4 Å². The Kier molecular flexibility index (Phi) is 4.12. The van der Waals surface area contributed by atoms with Gasteiger partial charge in [0.2, 0.25) is 0 Å². The summed E-state index contributed by atoms with van der Waals surface area (Å²) in [5.74, 6) is 0.939. The zero-order valence-corrected chi connectivity index (χ0v) is 10.9. The summed E-state index contributed by atoms with van der Waals surface area (Å²) in [6.45, 7) is 8.51. The number of nitrogens with one attached hydrogen (secondary N) is 1. The Bertz CT molecular complexity index is 322. The third-order valence-corrected chi connectivity index (χ3v) is 3.65. The molecular formula is C11H20N4S. The maximum absolute atomic E-state index is 4.21. The quantitative estimate of drug-likeness (QED) is 0.793. The maximum Gasteiger partial charge on any atom is 0.134 e. The molecule has 0 unspecified atom stereocenters. The molecule has 1 N–H and O–H groups in total. The van der Waals surface area contributed by atoms with Crippen LogP contribution in [0.2, 0.25) is 0 Å². The molecule has 1 aliphatic rings. The lowest BCUT2D eigenvalue weighted by molar-refractivity contribution is 0.265. The van der Waals surface area contributed by atoms with Gasteiger partial charge in [0.05, 0.1) is 0 Å². The third-order valence-electron chi connectivity index (χ3n) is 2.93. The normalized spacial score (nSPS) is 15.7. The van der Waals surface area contributed by atoms with E-state index in [2.05, 4.69) is 33.7 Å². The molecule has 1 aromatic rings. The fourth-order valence-electron chi connectivity index (χ4n) is 1.79. The molecular weight excluding hydrogens is 220 g/mol. The molecule has 0 saturated heterocycles. The van der Waals surface area contributed by atoms with Gasteiger partial charge in [0.1, 0.15) is 10.7 Å². The van der Waals surface area contributed by atoms with Crippen LogP contribution in [0.5, 0.6) is 0 Å². The monoisotopic (exact) mass is 240 g/mol. The first kappa shape index (κ1) is 11.8. The van der Waals surface area contributed by atoms with Gasteiger partial charge in [-0.15, -0.1) is 5.10 Å². The van der Waals surface area contributed by atoms with Crippen molar-refractivity contribution in [3.05, 3.63) is 5.69 Å². The van der Waals surface area contributed by atoms with E-state index in [0.29, 0.717) is 0 Å². The van der Waals surface area contributed by atoms with E-state index in [1.54, 1.807) is 0 Å².